The van der Waals surface area contributed by atoms with Crippen LogP contribution in [0.25, 0.3) is 10.8 Å². The Balaban J connectivity index is 1.80. The number of nitrogens with zero attached hydrogens (tertiary/aromatic N) is 1. The third-order valence-electron chi connectivity index (χ3n) is 4.51. The molecule has 0 amide bonds. The van der Waals surface area contributed by atoms with Gasteiger partial charge in [-0.2, -0.15) is 0 Å². The zero-order valence-corrected chi connectivity index (χ0v) is 13.8. The van der Waals surface area contributed by atoms with Crippen molar-refractivity contribution in [1.82, 2.24) is 4.90 Å². The predicted molar refractivity (Wildman–Crippen MR) is 91.8 cm³/mol. The molecule has 0 N–H and O–H groups in total. The molecule has 3 nitrogen and oxygen atoms in total. The van der Waals surface area contributed by atoms with E-state index < -0.39 is 9.84 Å². The topological polar surface area (TPSA) is 37.4 Å². The minimum Gasteiger partial charge on any atom is -0.296 e. The van der Waals surface area contributed by atoms with Gasteiger partial charge >= 0.3 is 0 Å². The molecule has 0 bridgehead atoms. The molecule has 0 aliphatic carbocycles. The predicted octanol–water partition coefficient (Wildman–Crippen LogP) is 3.41. The molecular weight excluding hydrogens is 294 g/mol. The molecule has 4 heteroatoms. The van der Waals surface area contributed by atoms with Gasteiger partial charge in [0.15, 0.2) is 0 Å². The highest BCUT2D eigenvalue weighted by atomic mass is 32.2. The van der Waals surface area contributed by atoms with Crippen molar-refractivity contribution in [2.75, 3.05) is 25.1 Å². The molecule has 0 unspecified atom stereocenters. The van der Waals surface area contributed by atoms with E-state index in [0.29, 0.717) is 6.04 Å². The molecule has 0 radical (unpaired) electrons. The summed E-state index contributed by atoms with van der Waals surface area (Å²) in [5, 5.41) is 2.60. The van der Waals surface area contributed by atoms with Crippen molar-refractivity contribution < 1.29 is 8.42 Å². The van der Waals surface area contributed by atoms with Crippen LogP contribution in [-0.2, 0) is 9.84 Å². The Bertz CT molecular complexity index is 749. The SMILES string of the molecule is CS(=O)(=O)CCCN1CCC[C@@H]1c1cccc2ccccc12. The largest absolute Gasteiger partial charge is 0.296 e. The van der Waals surface area contributed by atoms with Crippen molar-refractivity contribution >= 4 is 20.6 Å². The molecule has 1 aliphatic heterocycles. The van der Waals surface area contributed by atoms with Gasteiger partial charge in [0.05, 0.1) is 5.75 Å². The third-order valence-corrected chi connectivity index (χ3v) is 5.54. The van der Waals surface area contributed by atoms with Crippen LogP contribution in [0.4, 0.5) is 0 Å². The summed E-state index contributed by atoms with van der Waals surface area (Å²) in [4.78, 5) is 2.45. The summed E-state index contributed by atoms with van der Waals surface area (Å²) < 4.78 is 22.6. The number of sulfone groups is 1. The van der Waals surface area contributed by atoms with Crippen molar-refractivity contribution in [3.63, 3.8) is 0 Å². The van der Waals surface area contributed by atoms with E-state index >= 15 is 0 Å². The Kier molecular flexibility index (Phi) is 4.50. The van der Waals surface area contributed by atoms with Gasteiger partial charge in [-0.25, -0.2) is 8.42 Å². The molecule has 0 spiro atoms. The molecule has 0 aromatic heterocycles. The lowest BCUT2D eigenvalue weighted by Gasteiger charge is -2.25. The van der Waals surface area contributed by atoms with Gasteiger partial charge in [0, 0.05) is 12.3 Å². The highest BCUT2D eigenvalue weighted by molar-refractivity contribution is 7.90. The maximum Gasteiger partial charge on any atom is 0.147 e. The van der Waals surface area contributed by atoms with Crippen molar-refractivity contribution in [2.45, 2.75) is 25.3 Å². The summed E-state index contributed by atoms with van der Waals surface area (Å²) in [5.74, 6) is 0.283. The van der Waals surface area contributed by atoms with E-state index in [4.69, 9.17) is 0 Å². The van der Waals surface area contributed by atoms with Crippen LogP contribution in [-0.4, -0.2) is 38.4 Å². The number of fused-ring (bicyclic) bond motifs is 1. The van der Waals surface area contributed by atoms with E-state index in [1.807, 2.05) is 0 Å². The molecule has 2 aromatic rings. The quantitative estimate of drug-likeness (QED) is 0.848. The Morgan fingerprint density at radius 3 is 2.73 bits per heavy atom. The second kappa shape index (κ2) is 6.39. The van der Waals surface area contributed by atoms with Crippen molar-refractivity contribution in [3.8, 4) is 0 Å². The molecule has 1 atom stereocenters. The minimum absolute atomic E-state index is 0.283. The van der Waals surface area contributed by atoms with Gasteiger partial charge in [0.1, 0.15) is 9.84 Å². The lowest BCUT2D eigenvalue weighted by atomic mass is 9.97. The number of hydrogen-bond donors (Lipinski definition) is 0. The molecular formula is C18H23NO2S. The number of hydrogen-bond acceptors (Lipinski definition) is 3. The normalized spacial score (nSPS) is 19.8. The van der Waals surface area contributed by atoms with Gasteiger partial charge in [0.2, 0.25) is 0 Å². The first-order chi connectivity index (χ1) is 10.5. The van der Waals surface area contributed by atoms with Gasteiger partial charge in [0.25, 0.3) is 0 Å². The third kappa shape index (κ3) is 3.50. The average molecular weight is 317 g/mol. The van der Waals surface area contributed by atoms with Crippen molar-refractivity contribution in [1.29, 1.82) is 0 Å². The number of likely N-dealkylation sites (tertiary alicyclic amines) is 1. The van der Waals surface area contributed by atoms with Crippen LogP contribution in [0.1, 0.15) is 30.9 Å². The molecule has 0 saturated carbocycles. The van der Waals surface area contributed by atoms with Crippen molar-refractivity contribution in [3.05, 3.63) is 48.0 Å². The van der Waals surface area contributed by atoms with E-state index in [9.17, 15) is 8.42 Å². The fourth-order valence-corrected chi connectivity index (χ4v) is 4.17. The summed E-state index contributed by atoms with van der Waals surface area (Å²) in [6, 6.07) is 15.4. The Morgan fingerprint density at radius 1 is 1.14 bits per heavy atom. The summed E-state index contributed by atoms with van der Waals surface area (Å²) >= 11 is 0. The Labute approximate surface area is 132 Å². The Hall–Kier alpha value is -1.39. The molecule has 3 rings (SSSR count). The van der Waals surface area contributed by atoms with E-state index in [-0.39, 0.29) is 5.75 Å². The summed E-state index contributed by atoms with van der Waals surface area (Å²) in [5.41, 5.74) is 1.38. The standard InChI is InChI=1S/C18H23NO2S/c1-22(20,21)14-6-13-19-12-5-11-18(19)17-10-4-8-15-7-2-3-9-16(15)17/h2-4,7-10,18H,5-6,11-14H2,1H3/t18-/m1/s1. The molecule has 1 heterocycles. The van der Waals surface area contributed by atoms with Crippen molar-refractivity contribution in [2.24, 2.45) is 0 Å². The zero-order chi connectivity index (χ0) is 15.6. The lowest BCUT2D eigenvalue weighted by Crippen LogP contribution is -2.26. The second-order valence-corrected chi connectivity index (χ2v) is 8.51. The number of benzene rings is 2. The second-order valence-electron chi connectivity index (χ2n) is 6.25. The fraction of sp³-hybridized carbons (Fsp3) is 0.444. The highest BCUT2D eigenvalue weighted by Crippen LogP contribution is 2.35. The molecule has 1 fully saturated rings. The van der Waals surface area contributed by atoms with Gasteiger partial charge in [-0.3, -0.25) is 4.90 Å². The van der Waals surface area contributed by atoms with E-state index in [1.54, 1.807) is 0 Å². The molecule has 22 heavy (non-hydrogen) atoms. The minimum atomic E-state index is -2.86. The van der Waals surface area contributed by atoms with Crippen LogP contribution in [0.15, 0.2) is 42.5 Å². The maximum atomic E-state index is 11.3. The number of rotatable bonds is 5. The average Bonchev–Trinajstić information content (AvgIpc) is 2.93. The van der Waals surface area contributed by atoms with Crippen LogP contribution in [0.2, 0.25) is 0 Å². The van der Waals surface area contributed by atoms with Gasteiger partial charge in [-0.1, -0.05) is 42.5 Å². The van der Waals surface area contributed by atoms with Crippen LogP contribution >= 0.6 is 0 Å². The van der Waals surface area contributed by atoms with Crippen LogP contribution < -0.4 is 0 Å². The van der Waals surface area contributed by atoms with E-state index in [0.717, 1.165) is 25.9 Å². The summed E-state index contributed by atoms with van der Waals surface area (Å²) in [6.45, 7) is 1.93. The van der Waals surface area contributed by atoms with Gasteiger partial charge < -0.3 is 0 Å². The van der Waals surface area contributed by atoms with Crippen LogP contribution in [0.5, 0.6) is 0 Å². The van der Waals surface area contributed by atoms with Gasteiger partial charge in [-0.15, -0.1) is 0 Å². The smallest absolute Gasteiger partial charge is 0.147 e. The van der Waals surface area contributed by atoms with E-state index in [2.05, 4.69) is 47.4 Å². The first-order valence-electron chi connectivity index (χ1n) is 7.94. The molecule has 118 valence electrons. The molecule has 2 aromatic carbocycles. The van der Waals surface area contributed by atoms with Crippen LogP contribution in [0, 0.1) is 0 Å². The highest BCUT2D eigenvalue weighted by Gasteiger charge is 2.26. The lowest BCUT2D eigenvalue weighted by molar-refractivity contribution is 0.259. The summed E-state index contributed by atoms with van der Waals surface area (Å²) in [6.07, 6.45) is 4.39. The zero-order valence-electron chi connectivity index (χ0n) is 13.0. The fourth-order valence-electron chi connectivity index (χ4n) is 3.52. The first kappa shape index (κ1) is 15.5. The first-order valence-corrected chi connectivity index (χ1v) is 10.00. The van der Waals surface area contributed by atoms with Gasteiger partial charge in [-0.05, 0) is 48.7 Å². The Morgan fingerprint density at radius 2 is 1.91 bits per heavy atom. The molecule has 1 aliphatic rings. The molecule has 1 saturated heterocycles. The van der Waals surface area contributed by atoms with E-state index in [1.165, 1.54) is 29.0 Å². The summed E-state index contributed by atoms with van der Waals surface area (Å²) in [7, 11) is -2.86. The maximum absolute atomic E-state index is 11.3. The monoisotopic (exact) mass is 317 g/mol. The van der Waals surface area contributed by atoms with Crippen LogP contribution in [0.3, 0.4) is 0 Å².